The summed E-state index contributed by atoms with van der Waals surface area (Å²) in [6.07, 6.45) is 1.50. The molecule has 118 valence electrons. The molecule has 0 N–H and O–H groups in total. The van der Waals surface area contributed by atoms with Gasteiger partial charge in [0.25, 0.3) is 5.69 Å². The van der Waals surface area contributed by atoms with Crippen LogP contribution in [0.3, 0.4) is 0 Å². The number of oxazole rings is 1. The number of ether oxygens (including phenoxy) is 2. The highest BCUT2D eigenvalue weighted by Gasteiger charge is 2.14. The Kier molecular flexibility index (Phi) is 4.24. The van der Waals surface area contributed by atoms with E-state index in [1.165, 1.54) is 42.9 Å². The van der Waals surface area contributed by atoms with E-state index in [4.69, 9.17) is 13.9 Å². The summed E-state index contributed by atoms with van der Waals surface area (Å²) in [7, 11) is 1.47. The number of nitro groups is 1. The Labute approximate surface area is 135 Å². The number of nitro benzene ring substituents is 1. The van der Waals surface area contributed by atoms with Gasteiger partial charge < -0.3 is 13.9 Å². The SMILES string of the molecule is COc1ccc([N+](=O)[O-])cc1OCc1coc(-c2cccs2)n1. The van der Waals surface area contributed by atoms with Crippen LogP contribution in [-0.2, 0) is 6.61 Å². The molecule has 0 saturated carbocycles. The fraction of sp³-hybridized carbons (Fsp3) is 0.133. The fourth-order valence-corrected chi connectivity index (χ4v) is 2.59. The maximum Gasteiger partial charge on any atom is 0.273 e. The van der Waals surface area contributed by atoms with Crippen molar-refractivity contribution in [3.05, 3.63) is 57.8 Å². The van der Waals surface area contributed by atoms with Gasteiger partial charge in [-0.25, -0.2) is 4.98 Å². The van der Waals surface area contributed by atoms with Crippen LogP contribution in [0.15, 0.2) is 46.4 Å². The Morgan fingerprint density at radius 1 is 1.35 bits per heavy atom. The molecule has 7 nitrogen and oxygen atoms in total. The number of hydrogen-bond donors (Lipinski definition) is 0. The number of non-ortho nitro benzene ring substituents is 1. The lowest BCUT2D eigenvalue weighted by molar-refractivity contribution is -0.385. The van der Waals surface area contributed by atoms with Crippen molar-refractivity contribution in [2.45, 2.75) is 6.61 Å². The van der Waals surface area contributed by atoms with Crippen molar-refractivity contribution < 1.29 is 18.8 Å². The third-order valence-corrected chi connectivity index (χ3v) is 3.88. The Morgan fingerprint density at radius 3 is 2.91 bits per heavy atom. The highest BCUT2D eigenvalue weighted by Crippen LogP contribution is 2.32. The molecule has 0 fully saturated rings. The third-order valence-electron chi connectivity index (χ3n) is 3.02. The van der Waals surface area contributed by atoms with E-state index in [1.54, 1.807) is 0 Å². The molecular weight excluding hydrogens is 320 g/mol. The second kappa shape index (κ2) is 6.49. The van der Waals surface area contributed by atoms with Gasteiger partial charge in [-0.05, 0) is 17.5 Å². The number of hydrogen-bond acceptors (Lipinski definition) is 7. The van der Waals surface area contributed by atoms with Crippen LogP contribution < -0.4 is 9.47 Å². The molecule has 23 heavy (non-hydrogen) atoms. The number of aromatic nitrogens is 1. The standard InChI is InChI=1S/C15H12N2O5S/c1-20-12-5-4-11(17(18)19)7-13(12)21-8-10-9-22-15(16-10)14-3-2-6-23-14/h2-7,9H,8H2,1H3. The zero-order valence-corrected chi connectivity index (χ0v) is 12.9. The second-order valence-corrected chi connectivity index (χ2v) is 5.45. The normalized spacial score (nSPS) is 10.5. The van der Waals surface area contributed by atoms with Crippen molar-refractivity contribution in [1.29, 1.82) is 0 Å². The van der Waals surface area contributed by atoms with Crippen molar-refractivity contribution in [3.63, 3.8) is 0 Å². The Hall–Kier alpha value is -2.87. The van der Waals surface area contributed by atoms with E-state index in [1.807, 2.05) is 17.5 Å². The summed E-state index contributed by atoms with van der Waals surface area (Å²) in [5, 5.41) is 12.8. The van der Waals surface area contributed by atoms with Gasteiger partial charge in [0.15, 0.2) is 11.5 Å². The zero-order chi connectivity index (χ0) is 16.2. The molecule has 2 heterocycles. The molecule has 0 aliphatic rings. The predicted molar refractivity (Wildman–Crippen MR) is 83.8 cm³/mol. The molecule has 0 saturated heterocycles. The highest BCUT2D eigenvalue weighted by molar-refractivity contribution is 7.13. The summed E-state index contributed by atoms with van der Waals surface area (Å²) in [6, 6.07) is 7.99. The van der Waals surface area contributed by atoms with Crippen LogP contribution in [0, 0.1) is 10.1 Å². The summed E-state index contributed by atoms with van der Waals surface area (Å²) in [4.78, 5) is 15.6. The number of benzene rings is 1. The van der Waals surface area contributed by atoms with Gasteiger partial charge in [-0.3, -0.25) is 10.1 Å². The lowest BCUT2D eigenvalue weighted by Crippen LogP contribution is -1.99. The van der Waals surface area contributed by atoms with E-state index >= 15 is 0 Å². The van der Waals surface area contributed by atoms with Gasteiger partial charge in [0, 0.05) is 6.07 Å². The average Bonchev–Trinajstić information content (AvgIpc) is 3.23. The molecule has 0 amide bonds. The van der Waals surface area contributed by atoms with Crippen LogP contribution in [0.5, 0.6) is 11.5 Å². The van der Waals surface area contributed by atoms with Crippen LogP contribution in [0.25, 0.3) is 10.8 Å². The monoisotopic (exact) mass is 332 g/mol. The topological polar surface area (TPSA) is 87.6 Å². The van der Waals surface area contributed by atoms with Gasteiger partial charge in [0.1, 0.15) is 18.6 Å². The molecule has 3 aromatic rings. The largest absolute Gasteiger partial charge is 0.493 e. The molecule has 0 atom stereocenters. The molecule has 0 bridgehead atoms. The van der Waals surface area contributed by atoms with Crippen molar-refractivity contribution in [2.75, 3.05) is 7.11 Å². The summed E-state index contributed by atoms with van der Waals surface area (Å²) in [5.41, 5.74) is 0.516. The summed E-state index contributed by atoms with van der Waals surface area (Å²) < 4.78 is 16.1. The number of rotatable bonds is 6. The minimum atomic E-state index is -0.489. The smallest absolute Gasteiger partial charge is 0.273 e. The van der Waals surface area contributed by atoms with Crippen LogP contribution in [0.2, 0.25) is 0 Å². The summed E-state index contributed by atoms with van der Waals surface area (Å²) in [6.45, 7) is 0.117. The molecule has 3 rings (SSSR count). The van der Waals surface area contributed by atoms with Crippen molar-refractivity contribution in [3.8, 4) is 22.3 Å². The lowest BCUT2D eigenvalue weighted by Gasteiger charge is -2.08. The van der Waals surface area contributed by atoms with Gasteiger partial charge >= 0.3 is 0 Å². The molecule has 0 aliphatic carbocycles. The number of thiophene rings is 1. The van der Waals surface area contributed by atoms with Gasteiger partial charge in [-0.15, -0.1) is 11.3 Å². The Bertz CT molecular complexity index is 813. The Balaban J connectivity index is 1.75. The molecule has 0 radical (unpaired) electrons. The Morgan fingerprint density at radius 2 is 2.22 bits per heavy atom. The van der Waals surface area contributed by atoms with Crippen molar-refractivity contribution >= 4 is 17.0 Å². The first kappa shape index (κ1) is 15.0. The quantitative estimate of drug-likeness (QED) is 0.502. The van der Waals surface area contributed by atoms with E-state index in [0.717, 1.165) is 4.88 Å². The molecular formula is C15H12N2O5S. The lowest BCUT2D eigenvalue weighted by atomic mass is 10.3. The zero-order valence-electron chi connectivity index (χ0n) is 12.1. The molecule has 2 aromatic heterocycles. The van der Waals surface area contributed by atoms with Crippen LogP contribution in [-0.4, -0.2) is 17.0 Å². The van der Waals surface area contributed by atoms with E-state index in [-0.39, 0.29) is 18.0 Å². The van der Waals surface area contributed by atoms with Gasteiger partial charge in [0.2, 0.25) is 5.89 Å². The van der Waals surface area contributed by atoms with Crippen LogP contribution in [0.4, 0.5) is 5.69 Å². The number of methoxy groups -OCH3 is 1. The predicted octanol–water partition coefficient (Wildman–Crippen LogP) is 3.90. The maximum atomic E-state index is 10.8. The summed E-state index contributed by atoms with van der Waals surface area (Å²) in [5.74, 6) is 1.21. The first-order valence-electron chi connectivity index (χ1n) is 6.61. The highest BCUT2D eigenvalue weighted by atomic mass is 32.1. The maximum absolute atomic E-state index is 10.8. The van der Waals surface area contributed by atoms with Gasteiger partial charge in [-0.2, -0.15) is 0 Å². The first-order valence-corrected chi connectivity index (χ1v) is 7.49. The molecule has 0 unspecified atom stereocenters. The fourth-order valence-electron chi connectivity index (χ4n) is 1.93. The third kappa shape index (κ3) is 3.32. The summed E-state index contributed by atoms with van der Waals surface area (Å²) >= 11 is 1.52. The number of nitrogens with zero attached hydrogens (tertiary/aromatic N) is 2. The minimum Gasteiger partial charge on any atom is -0.493 e. The van der Waals surface area contributed by atoms with E-state index in [2.05, 4.69) is 4.98 Å². The van der Waals surface area contributed by atoms with E-state index < -0.39 is 4.92 Å². The minimum absolute atomic E-state index is 0.0692. The van der Waals surface area contributed by atoms with E-state index in [0.29, 0.717) is 17.3 Å². The average molecular weight is 332 g/mol. The second-order valence-electron chi connectivity index (χ2n) is 4.50. The first-order chi connectivity index (χ1) is 11.2. The van der Waals surface area contributed by atoms with Crippen molar-refractivity contribution in [1.82, 2.24) is 4.98 Å². The molecule has 0 aliphatic heterocycles. The van der Waals surface area contributed by atoms with Gasteiger partial charge in [0.05, 0.1) is 23.0 Å². The molecule has 0 spiro atoms. The molecule has 8 heteroatoms. The van der Waals surface area contributed by atoms with Crippen molar-refractivity contribution in [2.24, 2.45) is 0 Å². The molecule has 1 aromatic carbocycles. The van der Waals surface area contributed by atoms with E-state index in [9.17, 15) is 10.1 Å². The van der Waals surface area contributed by atoms with Crippen LogP contribution >= 0.6 is 11.3 Å². The van der Waals surface area contributed by atoms with Gasteiger partial charge in [-0.1, -0.05) is 6.07 Å². The van der Waals surface area contributed by atoms with Crippen LogP contribution in [0.1, 0.15) is 5.69 Å².